The molecule has 114 valence electrons. The topological polar surface area (TPSA) is 53.1 Å². The van der Waals surface area contributed by atoms with E-state index in [1.807, 2.05) is 24.3 Å². The van der Waals surface area contributed by atoms with E-state index in [-0.39, 0.29) is 0 Å². The van der Waals surface area contributed by atoms with Gasteiger partial charge in [-0.25, -0.2) is 0 Å². The third-order valence-electron chi connectivity index (χ3n) is 2.89. The Labute approximate surface area is 120 Å². The second kappa shape index (κ2) is 6.62. The van der Waals surface area contributed by atoms with Crippen LogP contribution in [0.15, 0.2) is 36.7 Å². The minimum Gasteiger partial charge on any atom is -0.494 e. The fourth-order valence-electron chi connectivity index (χ4n) is 1.81. The number of benzene rings is 1. The predicted molar refractivity (Wildman–Crippen MR) is 71.7 cm³/mol. The Bertz CT molecular complexity index is 581. The molecule has 1 aromatic carbocycles. The van der Waals surface area contributed by atoms with E-state index < -0.39 is 11.7 Å². The Morgan fingerprint density at radius 2 is 2.10 bits per heavy atom. The van der Waals surface area contributed by atoms with Gasteiger partial charge in [0.2, 0.25) is 0 Å². The lowest BCUT2D eigenvalue weighted by molar-refractivity contribution is -0.137. The number of rotatable bonds is 6. The number of ether oxygens (including phenoxy) is 1. The van der Waals surface area contributed by atoms with Crippen LogP contribution in [0.4, 0.5) is 13.2 Å². The third kappa shape index (κ3) is 4.49. The predicted octanol–water partition coefficient (Wildman–Crippen LogP) is 2.83. The molecule has 2 rings (SSSR count). The summed E-state index contributed by atoms with van der Waals surface area (Å²) in [5.41, 5.74) is 5.76. The van der Waals surface area contributed by atoms with Crippen LogP contribution in [0.5, 0.6) is 5.75 Å². The smallest absolute Gasteiger partial charge is 0.419 e. The Morgan fingerprint density at radius 1 is 1.29 bits per heavy atom. The maximum absolute atomic E-state index is 12.4. The van der Waals surface area contributed by atoms with E-state index in [4.69, 9.17) is 10.5 Å². The average Bonchev–Trinajstić information content (AvgIpc) is 2.93. The Morgan fingerprint density at radius 3 is 2.76 bits per heavy atom. The number of nitrogens with zero attached hydrogens (tertiary/aromatic N) is 2. The van der Waals surface area contributed by atoms with E-state index >= 15 is 0 Å². The van der Waals surface area contributed by atoms with Gasteiger partial charge >= 0.3 is 6.18 Å². The Kier molecular flexibility index (Phi) is 4.85. The molecular formula is C14H16F3N3O. The Hall–Kier alpha value is -2.02. The second-order valence-corrected chi connectivity index (χ2v) is 4.54. The van der Waals surface area contributed by atoms with Crippen LogP contribution in [0, 0.1) is 0 Å². The van der Waals surface area contributed by atoms with Gasteiger partial charge in [-0.2, -0.15) is 18.3 Å². The molecule has 1 heterocycles. The third-order valence-corrected chi connectivity index (χ3v) is 2.89. The first kappa shape index (κ1) is 15.4. The summed E-state index contributed by atoms with van der Waals surface area (Å²) in [6, 6.07) is 7.40. The summed E-state index contributed by atoms with van der Waals surface area (Å²) in [7, 11) is 0. The highest BCUT2D eigenvalue weighted by Crippen LogP contribution is 2.28. The molecule has 2 aromatic rings. The normalized spacial score (nSPS) is 11.6. The maximum Gasteiger partial charge on any atom is 0.419 e. The molecule has 0 aliphatic rings. The molecule has 0 atom stereocenters. The van der Waals surface area contributed by atoms with Gasteiger partial charge in [0, 0.05) is 25.7 Å². The van der Waals surface area contributed by atoms with Crippen LogP contribution >= 0.6 is 0 Å². The summed E-state index contributed by atoms with van der Waals surface area (Å²) >= 11 is 0. The molecule has 7 heteroatoms. The van der Waals surface area contributed by atoms with Gasteiger partial charge in [-0.1, -0.05) is 12.1 Å². The number of nitrogens with two attached hydrogens (primary N) is 1. The molecule has 0 spiro atoms. The fourth-order valence-corrected chi connectivity index (χ4v) is 1.81. The standard InChI is InChI=1S/C14H16F3N3O/c15-14(16,17)12-9-19-20(10-12)5-2-6-21-13-4-1-3-11(7-13)8-18/h1,3-4,7,9-10H,2,5-6,8,18H2. The molecular weight excluding hydrogens is 283 g/mol. The van der Waals surface area contributed by atoms with Crippen molar-refractivity contribution in [1.29, 1.82) is 0 Å². The molecule has 4 nitrogen and oxygen atoms in total. The van der Waals surface area contributed by atoms with Crippen molar-refractivity contribution in [1.82, 2.24) is 9.78 Å². The van der Waals surface area contributed by atoms with E-state index in [2.05, 4.69) is 5.10 Å². The van der Waals surface area contributed by atoms with Crippen LogP contribution in [-0.2, 0) is 19.3 Å². The highest BCUT2D eigenvalue weighted by Gasteiger charge is 2.32. The van der Waals surface area contributed by atoms with Crippen LogP contribution in [0.1, 0.15) is 17.5 Å². The summed E-state index contributed by atoms with van der Waals surface area (Å²) < 4.78 is 44.0. The summed E-state index contributed by atoms with van der Waals surface area (Å²) in [6.45, 7) is 1.20. The van der Waals surface area contributed by atoms with Crippen LogP contribution in [0.2, 0.25) is 0 Å². The van der Waals surface area contributed by atoms with Crippen molar-refractivity contribution >= 4 is 0 Å². The lowest BCUT2D eigenvalue weighted by Gasteiger charge is -2.07. The first-order valence-electron chi connectivity index (χ1n) is 6.50. The van der Waals surface area contributed by atoms with Gasteiger partial charge in [-0.05, 0) is 17.7 Å². The van der Waals surface area contributed by atoms with Crippen LogP contribution in [-0.4, -0.2) is 16.4 Å². The van der Waals surface area contributed by atoms with E-state index in [9.17, 15) is 13.2 Å². The molecule has 0 radical (unpaired) electrons. The molecule has 0 fully saturated rings. The van der Waals surface area contributed by atoms with Gasteiger partial charge in [-0.3, -0.25) is 4.68 Å². The SMILES string of the molecule is NCc1cccc(OCCCn2cc(C(F)(F)F)cn2)c1. The van der Waals surface area contributed by atoms with Crippen molar-refractivity contribution in [2.45, 2.75) is 25.7 Å². The quantitative estimate of drug-likeness (QED) is 0.835. The van der Waals surface area contributed by atoms with Crippen LogP contribution < -0.4 is 10.5 Å². The van der Waals surface area contributed by atoms with Crippen molar-refractivity contribution in [3.63, 3.8) is 0 Å². The summed E-state index contributed by atoms with van der Waals surface area (Å²) in [6.07, 6.45) is -1.97. The summed E-state index contributed by atoms with van der Waals surface area (Å²) in [5, 5.41) is 3.68. The number of aryl methyl sites for hydroxylation is 1. The number of aromatic nitrogens is 2. The Balaban J connectivity index is 1.78. The zero-order valence-corrected chi connectivity index (χ0v) is 11.3. The monoisotopic (exact) mass is 299 g/mol. The minimum atomic E-state index is -4.35. The molecule has 21 heavy (non-hydrogen) atoms. The molecule has 0 unspecified atom stereocenters. The second-order valence-electron chi connectivity index (χ2n) is 4.54. The zero-order valence-electron chi connectivity index (χ0n) is 11.3. The van der Waals surface area contributed by atoms with Crippen LogP contribution in [0.25, 0.3) is 0 Å². The zero-order chi connectivity index (χ0) is 15.3. The summed E-state index contributed by atoms with van der Waals surface area (Å²) in [4.78, 5) is 0. The molecule has 0 saturated carbocycles. The first-order chi connectivity index (χ1) is 9.99. The molecule has 0 bridgehead atoms. The average molecular weight is 299 g/mol. The molecule has 2 N–H and O–H groups in total. The van der Waals surface area contributed by atoms with E-state index in [1.54, 1.807) is 0 Å². The largest absolute Gasteiger partial charge is 0.494 e. The van der Waals surface area contributed by atoms with Gasteiger partial charge < -0.3 is 10.5 Å². The van der Waals surface area contributed by atoms with Crippen molar-refractivity contribution in [2.24, 2.45) is 5.73 Å². The van der Waals surface area contributed by atoms with Gasteiger partial charge in [0.15, 0.2) is 0 Å². The van der Waals surface area contributed by atoms with Gasteiger partial charge in [0.25, 0.3) is 0 Å². The van der Waals surface area contributed by atoms with Crippen molar-refractivity contribution in [3.8, 4) is 5.75 Å². The number of hydrogen-bond acceptors (Lipinski definition) is 3. The van der Waals surface area contributed by atoms with Gasteiger partial charge in [0.1, 0.15) is 5.75 Å². The number of halogens is 3. The lowest BCUT2D eigenvalue weighted by Crippen LogP contribution is -2.06. The summed E-state index contributed by atoms with van der Waals surface area (Å²) in [5.74, 6) is 0.703. The highest BCUT2D eigenvalue weighted by atomic mass is 19.4. The molecule has 0 amide bonds. The van der Waals surface area contributed by atoms with E-state index in [1.165, 1.54) is 4.68 Å². The van der Waals surface area contributed by atoms with Gasteiger partial charge in [0.05, 0.1) is 18.4 Å². The first-order valence-corrected chi connectivity index (χ1v) is 6.50. The van der Waals surface area contributed by atoms with Crippen molar-refractivity contribution < 1.29 is 17.9 Å². The lowest BCUT2D eigenvalue weighted by atomic mass is 10.2. The molecule has 0 aliphatic heterocycles. The van der Waals surface area contributed by atoms with E-state index in [0.717, 1.165) is 18.0 Å². The number of alkyl halides is 3. The molecule has 0 saturated heterocycles. The highest BCUT2D eigenvalue weighted by molar-refractivity contribution is 5.28. The van der Waals surface area contributed by atoms with E-state index in [0.29, 0.717) is 31.9 Å². The number of hydrogen-bond donors (Lipinski definition) is 1. The maximum atomic E-state index is 12.4. The molecule has 0 aliphatic carbocycles. The van der Waals surface area contributed by atoms with Crippen molar-refractivity contribution in [3.05, 3.63) is 47.8 Å². The van der Waals surface area contributed by atoms with Gasteiger partial charge in [-0.15, -0.1) is 0 Å². The molecule has 1 aromatic heterocycles. The van der Waals surface area contributed by atoms with Crippen LogP contribution in [0.3, 0.4) is 0 Å². The fraction of sp³-hybridized carbons (Fsp3) is 0.357. The minimum absolute atomic E-state index is 0.368. The van der Waals surface area contributed by atoms with Crippen molar-refractivity contribution in [2.75, 3.05) is 6.61 Å².